The minimum Gasteiger partial charge on any atom is -0.313 e. The summed E-state index contributed by atoms with van der Waals surface area (Å²) in [5, 5.41) is 3.36. The van der Waals surface area contributed by atoms with Gasteiger partial charge in [-0.1, -0.05) is 6.92 Å². The van der Waals surface area contributed by atoms with E-state index in [4.69, 9.17) is 0 Å². The van der Waals surface area contributed by atoms with Gasteiger partial charge in [-0.3, -0.25) is 0 Å². The first-order chi connectivity index (χ1) is 8.49. The second-order valence-corrected chi connectivity index (χ2v) is 4.95. The molecule has 1 N–H and O–H groups in total. The highest BCUT2D eigenvalue weighted by Gasteiger charge is 2.42. The third kappa shape index (κ3) is 4.53. The Kier molecular flexibility index (Phi) is 6.01. The van der Waals surface area contributed by atoms with Crippen LogP contribution in [0.4, 0.5) is 13.2 Å². The molecular weight excluding hydrogens is 239 g/mol. The van der Waals surface area contributed by atoms with Gasteiger partial charge in [-0.2, -0.15) is 13.2 Å². The molecule has 0 aliphatic heterocycles. The van der Waals surface area contributed by atoms with E-state index in [9.17, 15) is 13.2 Å². The Morgan fingerprint density at radius 3 is 2.28 bits per heavy atom. The Morgan fingerprint density at radius 1 is 1.22 bits per heavy atom. The van der Waals surface area contributed by atoms with E-state index in [1.165, 1.54) is 0 Å². The maximum atomic E-state index is 12.6. The highest BCUT2D eigenvalue weighted by atomic mass is 19.4. The van der Waals surface area contributed by atoms with E-state index in [0.717, 1.165) is 13.0 Å². The lowest BCUT2D eigenvalue weighted by Gasteiger charge is -2.34. The zero-order valence-electron chi connectivity index (χ0n) is 11.1. The average Bonchev–Trinajstić information content (AvgIpc) is 2.33. The van der Waals surface area contributed by atoms with Crippen LogP contribution in [0.15, 0.2) is 0 Å². The van der Waals surface area contributed by atoms with Gasteiger partial charge in [0.1, 0.15) is 0 Å². The van der Waals surface area contributed by atoms with E-state index in [0.29, 0.717) is 18.8 Å². The minimum absolute atomic E-state index is 0.247. The van der Waals surface area contributed by atoms with Crippen molar-refractivity contribution in [3.05, 3.63) is 0 Å². The summed E-state index contributed by atoms with van der Waals surface area (Å²) in [5.41, 5.74) is 0. The standard InChI is InChI=1S/C14H22F3N/c1-3-5-6-13(18-4-2)11-7-9-12(10-8-11)14(15,16)17/h11-13,18H,4,6-10H2,1-2H3. The van der Waals surface area contributed by atoms with Crippen LogP contribution in [0, 0.1) is 23.7 Å². The van der Waals surface area contributed by atoms with Gasteiger partial charge < -0.3 is 5.32 Å². The first kappa shape index (κ1) is 15.4. The maximum absolute atomic E-state index is 12.6. The smallest absolute Gasteiger partial charge is 0.313 e. The zero-order chi connectivity index (χ0) is 13.6. The van der Waals surface area contributed by atoms with Crippen LogP contribution in [0.5, 0.6) is 0 Å². The summed E-state index contributed by atoms with van der Waals surface area (Å²) in [5.74, 6) is 5.14. The molecule has 1 fully saturated rings. The van der Waals surface area contributed by atoms with E-state index >= 15 is 0 Å². The Bertz CT molecular complexity index is 292. The number of rotatable bonds is 4. The molecule has 0 aromatic heterocycles. The molecule has 4 heteroatoms. The molecule has 1 aliphatic carbocycles. The molecule has 1 unspecified atom stereocenters. The van der Waals surface area contributed by atoms with E-state index in [2.05, 4.69) is 17.2 Å². The molecule has 1 nitrogen and oxygen atoms in total. The summed E-state index contributed by atoms with van der Waals surface area (Å²) in [6, 6.07) is 0.247. The fraction of sp³-hybridized carbons (Fsp3) is 0.857. The Hall–Kier alpha value is -0.690. The van der Waals surface area contributed by atoms with Crippen molar-refractivity contribution in [3.63, 3.8) is 0 Å². The summed E-state index contributed by atoms with van der Waals surface area (Å²) < 4.78 is 37.7. The lowest BCUT2D eigenvalue weighted by atomic mass is 9.77. The molecule has 1 atom stereocenters. The fourth-order valence-corrected chi connectivity index (χ4v) is 2.73. The van der Waals surface area contributed by atoms with Gasteiger partial charge in [-0.15, -0.1) is 11.8 Å². The summed E-state index contributed by atoms with van der Waals surface area (Å²) in [4.78, 5) is 0. The molecule has 1 rings (SSSR count). The molecule has 0 amide bonds. The van der Waals surface area contributed by atoms with Crippen LogP contribution in [0.3, 0.4) is 0 Å². The molecule has 104 valence electrons. The van der Waals surface area contributed by atoms with Crippen molar-refractivity contribution < 1.29 is 13.2 Å². The van der Waals surface area contributed by atoms with Crippen molar-refractivity contribution in [3.8, 4) is 11.8 Å². The van der Waals surface area contributed by atoms with Gasteiger partial charge in [0.25, 0.3) is 0 Å². The van der Waals surface area contributed by atoms with E-state index in [1.54, 1.807) is 6.92 Å². The summed E-state index contributed by atoms with van der Waals surface area (Å²) >= 11 is 0. The van der Waals surface area contributed by atoms with Gasteiger partial charge in [0.05, 0.1) is 5.92 Å². The number of halogens is 3. The third-order valence-electron chi connectivity index (χ3n) is 3.77. The molecule has 0 aromatic carbocycles. The first-order valence-corrected chi connectivity index (χ1v) is 6.68. The predicted octanol–water partition coefficient (Wildman–Crippen LogP) is 3.75. The molecule has 0 aromatic rings. The number of nitrogens with one attached hydrogen (secondary N) is 1. The lowest BCUT2D eigenvalue weighted by Crippen LogP contribution is -2.39. The monoisotopic (exact) mass is 261 g/mol. The van der Waals surface area contributed by atoms with Crippen LogP contribution >= 0.6 is 0 Å². The Morgan fingerprint density at radius 2 is 1.83 bits per heavy atom. The highest BCUT2D eigenvalue weighted by molar-refractivity contribution is 5.00. The van der Waals surface area contributed by atoms with Gasteiger partial charge in [0.2, 0.25) is 0 Å². The Balaban J connectivity index is 2.49. The van der Waals surface area contributed by atoms with Crippen molar-refractivity contribution in [2.24, 2.45) is 11.8 Å². The van der Waals surface area contributed by atoms with Crippen LogP contribution < -0.4 is 5.32 Å². The van der Waals surface area contributed by atoms with Crippen molar-refractivity contribution in [1.82, 2.24) is 5.32 Å². The van der Waals surface area contributed by atoms with Crippen LogP contribution in [0.25, 0.3) is 0 Å². The maximum Gasteiger partial charge on any atom is 0.391 e. The normalized spacial score (nSPS) is 26.3. The number of hydrogen-bond donors (Lipinski definition) is 1. The second kappa shape index (κ2) is 7.04. The van der Waals surface area contributed by atoms with E-state index in [-0.39, 0.29) is 18.9 Å². The largest absolute Gasteiger partial charge is 0.391 e. The van der Waals surface area contributed by atoms with Crippen LogP contribution in [0.2, 0.25) is 0 Å². The predicted molar refractivity (Wildman–Crippen MR) is 67.0 cm³/mol. The van der Waals surface area contributed by atoms with Crippen molar-refractivity contribution in [2.45, 2.75) is 58.2 Å². The number of hydrogen-bond acceptors (Lipinski definition) is 1. The van der Waals surface area contributed by atoms with E-state index in [1.807, 2.05) is 6.92 Å². The SMILES string of the molecule is CC#CCC(NCC)C1CCC(C(F)(F)F)CC1. The molecule has 0 spiro atoms. The van der Waals surface area contributed by atoms with Crippen molar-refractivity contribution in [2.75, 3.05) is 6.54 Å². The number of alkyl halides is 3. The quantitative estimate of drug-likeness (QED) is 0.760. The first-order valence-electron chi connectivity index (χ1n) is 6.68. The summed E-state index contributed by atoms with van der Waals surface area (Å²) in [6.07, 6.45) is -1.40. The van der Waals surface area contributed by atoms with Gasteiger partial charge in [-0.25, -0.2) is 0 Å². The van der Waals surface area contributed by atoms with Crippen LogP contribution in [-0.2, 0) is 0 Å². The van der Waals surface area contributed by atoms with Gasteiger partial charge >= 0.3 is 6.18 Å². The van der Waals surface area contributed by atoms with Gasteiger partial charge in [0, 0.05) is 12.5 Å². The van der Waals surface area contributed by atoms with Gasteiger partial charge in [-0.05, 0) is 45.1 Å². The van der Waals surface area contributed by atoms with Crippen molar-refractivity contribution in [1.29, 1.82) is 0 Å². The molecule has 0 radical (unpaired) electrons. The Labute approximate surface area is 108 Å². The molecule has 1 aliphatic rings. The van der Waals surface area contributed by atoms with Gasteiger partial charge in [0.15, 0.2) is 0 Å². The third-order valence-corrected chi connectivity index (χ3v) is 3.77. The molecule has 0 bridgehead atoms. The fourth-order valence-electron chi connectivity index (χ4n) is 2.73. The molecular formula is C14H22F3N. The average molecular weight is 261 g/mol. The molecule has 0 saturated heterocycles. The lowest BCUT2D eigenvalue weighted by molar-refractivity contribution is -0.184. The molecule has 1 saturated carbocycles. The van der Waals surface area contributed by atoms with Crippen molar-refractivity contribution >= 4 is 0 Å². The van der Waals surface area contributed by atoms with Crippen LogP contribution in [-0.4, -0.2) is 18.8 Å². The van der Waals surface area contributed by atoms with Crippen LogP contribution in [0.1, 0.15) is 46.0 Å². The summed E-state index contributed by atoms with van der Waals surface area (Å²) in [7, 11) is 0. The topological polar surface area (TPSA) is 12.0 Å². The zero-order valence-corrected chi connectivity index (χ0v) is 11.1. The highest BCUT2D eigenvalue weighted by Crippen LogP contribution is 2.40. The second-order valence-electron chi connectivity index (χ2n) is 4.95. The van der Waals surface area contributed by atoms with E-state index < -0.39 is 12.1 Å². The summed E-state index contributed by atoms with van der Waals surface area (Å²) in [6.45, 7) is 4.66. The molecule has 0 heterocycles. The minimum atomic E-state index is -4.01. The molecule has 18 heavy (non-hydrogen) atoms.